The van der Waals surface area contributed by atoms with E-state index >= 15 is 0 Å². The van der Waals surface area contributed by atoms with Crippen molar-refractivity contribution in [3.63, 3.8) is 0 Å². The van der Waals surface area contributed by atoms with Gasteiger partial charge in [-0.2, -0.15) is 0 Å². The molecule has 0 radical (unpaired) electrons. The Kier molecular flexibility index (Phi) is 3.68. The molecule has 90 valence electrons. The standard InChI is InChI=1S/C12H14FNO2Si/c1-9-11(13)7-10(5-6-17(2,3)4)8-12(9)14(15)16/h7-8H,1-4H3. The Morgan fingerprint density at radius 2 is 1.94 bits per heavy atom. The molecule has 0 fully saturated rings. The van der Waals surface area contributed by atoms with Crippen molar-refractivity contribution in [2.45, 2.75) is 26.6 Å². The van der Waals surface area contributed by atoms with Gasteiger partial charge in [0.2, 0.25) is 0 Å². The Hall–Kier alpha value is -1.67. The van der Waals surface area contributed by atoms with Crippen LogP contribution in [-0.2, 0) is 0 Å². The number of rotatable bonds is 1. The van der Waals surface area contributed by atoms with Gasteiger partial charge in [0.1, 0.15) is 13.9 Å². The van der Waals surface area contributed by atoms with Gasteiger partial charge in [-0.25, -0.2) is 4.39 Å². The van der Waals surface area contributed by atoms with E-state index in [1.54, 1.807) is 0 Å². The SMILES string of the molecule is Cc1c(F)cc(C#C[Si](C)(C)C)cc1[N+](=O)[O-]. The van der Waals surface area contributed by atoms with Gasteiger partial charge in [-0.05, 0) is 13.0 Å². The minimum Gasteiger partial charge on any atom is -0.258 e. The van der Waals surface area contributed by atoms with Crippen molar-refractivity contribution >= 4 is 13.8 Å². The van der Waals surface area contributed by atoms with Crippen LogP contribution in [0.15, 0.2) is 12.1 Å². The van der Waals surface area contributed by atoms with Crippen LogP contribution in [0.5, 0.6) is 0 Å². The third kappa shape index (κ3) is 3.68. The van der Waals surface area contributed by atoms with Crippen LogP contribution in [0.2, 0.25) is 19.6 Å². The van der Waals surface area contributed by atoms with E-state index < -0.39 is 18.8 Å². The van der Waals surface area contributed by atoms with Gasteiger partial charge >= 0.3 is 0 Å². The molecule has 1 rings (SSSR count). The number of nitro groups is 1. The largest absolute Gasteiger partial charge is 0.276 e. The second kappa shape index (κ2) is 4.68. The highest BCUT2D eigenvalue weighted by Crippen LogP contribution is 2.22. The van der Waals surface area contributed by atoms with Crippen LogP contribution in [0, 0.1) is 34.3 Å². The van der Waals surface area contributed by atoms with Crippen LogP contribution in [0.25, 0.3) is 0 Å². The van der Waals surface area contributed by atoms with Crippen LogP contribution >= 0.6 is 0 Å². The maximum absolute atomic E-state index is 13.5. The van der Waals surface area contributed by atoms with Gasteiger partial charge in [0.15, 0.2) is 0 Å². The van der Waals surface area contributed by atoms with Gasteiger partial charge in [-0.1, -0.05) is 25.6 Å². The molecule has 1 aromatic rings. The smallest absolute Gasteiger partial charge is 0.258 e. The zero-order valence-corrected chi connectivity index (χ0v) is 11.3. The second-order valence-electron chi connectivity index (χ2n) is 4.86. The molecular weight excluding hydrogens is 237 g/mol. The lowest BCUT2D eigenvalue weighted by Crippen LogP contribution is -2.16. The summed E-state index contributed by atoms with van der Waals surface area (Å²) in [4.78, 5) is 10.1. The summed E-state index contributed by atoms with van der Waals surface area (Å²) in [7, 11) is -1.57. The van der Waals surface area contributed by atoms with Crippen molar-refractivity contribution in [1.82, 2.24) is 0 Å². The molecule has 0 heterocycles. The van der Waals surface area contributed by atoms with Gasteiger partial charge in [0, 0.05) is 11.6 Å². The zero-order valence-electron chi connectivity index (χ0n) is 10.3. The molecule has 0 aliphatic heterocycles. The molecule has 0 saturated heterocycles. The first-order valence-electron chi connectivity index (χ1n) is 5.18. The molecule has 0 amide bonds. The van der Waals surface area contributed by atoms with Gasteiger partial charge in [0.25, 0.3) is 5.69 Å². The molecule has 0 saturated carbocycles. The number of nitro benzene ring substituents is 1. The summed E-state index contributed by atoms with van der Waals surface area (Å²) < 4.78 is 13.5. The van der Waals surface area contributed by atoms with Crippen molar-refractivity contribution in [3.8, 4) is 11.5 Å². The van der Waals surface area contributed by atoms with Crippen molar-refractivity contribution in [3.05, 3.63) is 39.2 Å². The van der Waals surface area contributed by atoms with Crippen LogP contribution < -0.4 is 0 Å². The highest BCUT2D eigenvalue weighted by molar-refractivity contribution is 6.83. The normalized spacial score (nSPS) is 10.6. The average molecular weight is 251 g/mol. The monoisotopic (exact) mass is 251 g/mol. The second-order valence-corrected chi connectivity index (χ2v) is 9.61. The van der Waals surface area contributed by atoms with Crippen LogP contribution in [-0.4, -0.2) is 13.0 Å². The third-order valence-corrected chi connectivity index (χ3v) is 2.97. The van der Waals surface area contributed by atoms with E-state index in [0.29, 0.717) is 5.56 Å². The number of benzene rings is 1. The molecule has 0 bridgehead atoms. The highest BCUT2D eigenvalue weighted by Gasteiger charge is 2.16. The molecule has 3 nitrogen and oxygen atoms in total. The van der Waals surface area contributed by atoms with Gasteiger partial charge < -0.3 is 0 Å². The van der Waals surface area contributed by atoms with E-state index in [-0.39, 0.29) is 11.3 Å². The summed E-state index contributed by atoms with van der Waals surface area (Å²) in [5.74, 6) is 2.23. The molecule has 0 spiro atoms. The maximum atomic E-state index is 13.5. The van der Waals surface area contributed by atoms with Crippen molar-refractivity contribution in [2.75, 3.05) is 0 Å². The first-order chi connectivity index (χ1) is 7.70. The quantitative estimate of drug-likeness (QED) is 0.333. The lowest BCUT2D eigenvalue weighted by atomic mass is 10.1. The first kappa shape index (κ1) is 13.4. The molecule has 0 N–H and O–H groups in total. The average Bonchev–Trinajstić information content (AvgIpc) is 2.18. The predicted molar refractivity (Wildman–Crippen MR) is 68.0 cm³/mol. The van der Waals surface area contributed by atoms with Crippen LogP contribution in [0.1, 0.15) is 11.1 Å². The summed E-state index contributed by atoms with van der Waals surface area (Å²) in [5.41, 5.74) is 3.25. The molecule has 1 aromatic carbocycles. The predicted octanol–water partition coefficient (Wildman–Crippen LogP) is 3.27. The van der Waals surface area contributed by atoms with E-state index in [2.05, 4.69) is 31.1 Å². The number of hydrogen-bond acceptors (Lipinski definition) is 2. The van der Waals surface area contributed by atoms with Crippen LogP contribution in [0.4, 0.5) is 10.1 Å². The van der Waals surface area contributed by atoms with Crippen LogP contribution in [0.3, 0.4) is 0 Å². The number of nitrogens with zero attached hydrogens (tertiary/aromatic N) is 1. The lowest BCUT2D eigenvalue weighted by molar-refractivity contribution is -0.385. The molecular formula is C12H14FNO2Si. The van der Waals surface area contributed by atoms with Crippen molar-refractivity contribution < 1.29 is 9.31 Å². The van der Waals surface area contributed by atoms with E-state index in [1.165, 1.54) is 19.1 Å². The summed E-state index contributed by atoms with van der Waals surface area (Å²) in [6, 6.07) is 2.57. The Bertz CT molecular complexity index is 524. The number of halogens is 1. The zero-order chi connectivity index (χ0) is 13.2. The van der Waals surface area contributed by atoms with Gasteiger partial charge in [-0.3, -0.25) is 10.1 Å². The van der Waals surface area contributed by atoms with E-state index in [4.69, 9.17) is 0 Å². The Morgan fingerprint density at radius 3 is 2.41 bits per heavy atom. The number of hydrogen-bond donors (Lipinski definition) is 0. The minimum atomic E-state index is -1.57. The summed E-state index contributed by atoms with van der Waals surface area (Å²) >= 11 is 0. The highest BCUT2D eigenvalue weighted by atomic mass is 28.3. The summed E-state index contributed by atoms with van der Waals surface area (Å²) in [6.07, 6.45) is 0. The molecule has 0 aliphatic carbocycles. The van der Waals surface area contributed by atoms with Crippen molar-refractivity contribution in [1.29, 1.82) is 0 Å². The third-order valence-electron chi connectivity index (χ3n) is 2.10. The Morgan fingerprint density at radius 1 is 1.35 bits per heavy atom. The fourth-order valence-corrected chi connectivity index (χ4v) is 1.71. The molecule has 17 heavy (non-hydrogen) atoms. The fourth-order valence-electron chi connectivity index (χ4n) is 1.19. The van der Waals surface area contributed by atoms with Gasteiger partial charge in [0.05, 0.1) is 10.5 Å². The fraction of sp³-hybridized carbons (Fsp3) is 0.333. The van der Waals surface area contributed by atoms with E-state index in [0.717, 1.165) is 0 Å². The molecule has 0 aliphatic rings. The first-order valence-corrected chi connectivity index (χ1v) is 8.68. The van der Waals surface area contributed by atoms with E-state index in [1.807, 2.05) is 0 Å². The van der Waals surface area contributed by atoms with Gasteiger partial charge in [-0.15, -0.1) is 5.54 Å². The maximum Gasteiger partial charge on any atom is 0.276 e. The Labute approximate surface area is 101 Å². The molecule has 5 heteroatoms. The minimum absolute atomic E-state index is 0.0496. The lowest BCUT2D eigenvalue weighted by Gasteiger charge is -2.04. The topological polar surface area (TPSA) is 43.1 Å². The molecule has 0 atom stereocenters. The summed E-state index contributed by atoms with van der Waals surface area (Å²) in [5, 5.41) is 10.7. The summed E-state index contributed by atoms with van der Waals surface area (Å²) in [6.45, 7) is 7.56. The van der Waals surface area contributed by atoms with Crippen molar-refractivity contribution in [2.24, 2.45) is 0 Å². The Balaban J connectivity index is 3.28. The molecule has 0 aromatic heterocycles. The molecule has 0 unspecified atom stereocenters. The van der Waals surface area contributed by atoms with E-state index in [9.17, 15) is 14.5 Å².